The zero-order valence-corrected chi connectivity index (χ0v) is 58.1. The molecule has 2 unspecified atom stereocenters. The van der Waals surface area contributed by atoms with Crippen molar-refractivity contribution in [3.05, 3.63) is 48.6 Å². The average molecular weight is 1210 g/mol. The largest absolute Gasteiger partial charge is 0.466 e. The van der Waals surface area contributed by atoms with Gasteiger partial charge in [-0.15, -0.1) is 0 Å². The van der Waals surface area contributed by atoms with Crippen LogP contribution in [-0.2, 0) is 14.3 Å². The zero-order valence-electron chi connectivity index (χ0n) is 58.1. The molecule has 86 heavy (non-hydrogen) atoms. The Morgan fingerprint density at radius 1 is 0.326 bits per heavy atom. The van der Waals surface area contributed by atoms with Crippen LogP contribution in [0.25, 0.3) is 0 Å². The molecule has 0 aromatic rings. The molecule has 0 radical (unpaired) electrons. The average Bonchev–Trinajstić information content (AvgIpc) is 3.60. The smallest absolute Gasteiger partial charge is 0.305 e. The molecule has 1 amide bonds. The van der Waals surface area contributed by atoms with Crippen LogP contribution < -0.4 is 5.32 Å². The van der Waals surface area contributed by atoms with Gasteiger partial charge in [0.1, 0.15) is 0 Å². The second kappa shape index (κ2) is 75.3. The van der Waals surface area contributed by atoms with E-state index in [0.717, 1.165) is 51.4 Å². The molecule has 0 fully saturated rings. The van der Waals surface area contributed by atoms with E-state index in [4.69, 9.17) is 4.74 Å². The molecule has 2 atom stereocenters. The quantitative estimate of drug-likeness (QED) is 0.0320. The number of carbonyl (C=O) groups is 2. The van der Waals surface area contributed by atoms with E-state index in [1.807, 2.05) is 6.08 Å². The van der Waals surface area contributed by atoms with E-state index >= 15 is 0 Å². The first kappa shape index (κ1) is 83.8. The molecule has 0 aromatic heterocycles. The highest BCUT2D eigenvalue weighted by atomic mass is 16.5. The maximum absolute atomic E-state index is 12.5. The van der Waals surface area contributed by atoms with Gasteiger partial charge in [-0.1, -0.05) is 377 Å². The van der Waals surface area contributed by atoms with Crippen LogP contribution in [0.5, 0.6) is 0 Å². The van der Waals surface area contributed by atoms with Crippen LogP contribution in [0.2, 0.25) is 0 Å². The summed E-state index contributed by atoms with van der Waals surface area (Å²) in [6.07, 6.45) is 99.5. The molecule has 0 heterocycles. The Kier molecular flexibility index (Phi) is 73.4. The minimum absolute atomic E-state index is 0.00781. The normalized spacial score (nSPS) is 12.7. The number of hydrogen-bond acceptors (Lipinski definition) is 5. The minimum Gasteiger partial charge on any atom is -0.466 e. The SMILES string of the molecule is CCCC/C=C\C/C=C\CCCCCCCC(=O)OCCCCCCCCCCCCCCCCCCCC/C=C\CCCCCCCCCCCCCCCCCCCC(=O)NC(CO)C(O)/C=C/CCCCCCCCCCCCCCCC. The third kappa shape index (κ3) is 70.9. The van der Waals surface area contributed by atoms with Crippen molar-refractivity contribution >= 4 is 11.9 Å². The number of hydrogen-bond donors (Lipinski definition) is 3. The molecule has 0 aliphatic heterocycles. The van der Waals surface area contributed by atoms with Gasteiger partial charge in [0, 0.05) is 12.8 Å². The van der Waals surface area contributed by atoms with Crippen molar-refractivity contribution in [2.75, 3.05) is 13.2 Å². The highest BCUT2D eigenvalue weighted by molar-refractivity contribution is 5.76. The lowest BCUT2D eigenvalue weighted by molar-refractivity contribution is -0.143. The molecular weight excluding hydrogens is 1050 g/mol. The fraction of sp³-hybridized carbons (Fsp3) is 0.875. The first-order valence-corrected chi connectivity index (χ1v) is 38.9. The van der Waals surface area contributed by atoms with Crippen LogP contribution in [0.15, 0.2) is 48.6 Å². The molecular formula is C80H151NO5. The Morgan fingerprint density at radius 2 is 0.593 bits per heavy atom. The van der Waals surface area contributed by atoms with Gasteiger partial charge in [-0.2, -0.15) is 0 Å². The van der Waals surface area contributed by atoms with Gasteiger partial charge >= 0.3 is 5.97 Å². The number of aliphatic hydroxyl groups excluding tert-OH is 2. The van der Waals surface area contributed by atoms with Crippen LogP contribution in [-0.4, -0.2) is 47.4 Å². The van der Waals surface area contributed by atoms with Gasteiger partial charge in [-0.3, -0.25) is 9.59 Å². The van der Waals surface area contributed by atoms with Crippen molar-refractivity contribution in [2.24, 2.45) is 0 Å². The molecule has 0 saturated carbocycles. The Morgan fingerprint density at radius 3 is 0.930 bits per heavy atom. The van der Waals surface area contributed by atoms with Crippen LogP contribution in [0, 0.1) is 0 Å². The molecule has 6 heteroatoms. The predicted molar refractivity (Wildman–Crippen MR) is 379 cm³/mol. The maximum Gasteiger partial charge on any atom is 0.305 e. The fourth-order valence-corrected chi connectivity index (χ4v) is 12.1. The van der Waals surface area contributed by atoms with Crippen molar-refractivity contribution in [1.82, 2.24) is 5.32 Å². The third-order valence-electron chi connectivity index (χ3n) is 18.1. The van der Waals surface area contributed by atoms with E-state index in [0.29, 0.717) is 19.4 Å². The Hall–Kier alpha value is -2.18. The number of esters is 1. The lowest BCUT2D eigenvalue weighted by atomic mass is 10.0. The molecule has 3 N–H and O–H groups in total. The third-order valence-corrected chi connectivity index (χ3v) is 18.1. The van der Waals surface area contributed by atoms with Crippen molar-refractivity contribution in [1.29, 1.82) is 0 Å². The highest BCUT2D eigenvalue weighted by Gasteiger charge is 2.18. The van der Waals surface area contributed by atoms with E-state index in [2.05, 4.69) is 55.6 Å². The summed E-state index contributed by atoms with van der Waals surface area (Å²) in [5, 5.41) is 23.2. The number of aliphatic hydroxyl groups is 2. The summed E-state index contributed by atoms with van der Waals surface area (Å²) in [6.45, 7) is 4.89. The Balaban J connectivity index is 3.34. The first-order chi connectivity index (χ1) is 42.5. The van der Waals surface area contributed by atoms with Gasteiger partial charge in [0.15, 0.2) is 0 Å². The summed E-state index contributed by atoms with van der Waals surface area (Å²) in [6, 6.07) is -0.625. The predicted octanol–water partition coefficient (Wildman–Crippen LogP) is 25.6. The Bertz CT molecular complexity index is 1440. The monoisotopic (exact) mass is 1210 g/mol. The zero-order chi connectivity index (χ0) is 62.0. The molecule has 6 nitrogen and oxygen atoms in total. The van der Waals surface area contributed by atoms with Crippen LogP contribution >= 0.6 is 0 Å². The molecule has 0 aromatic carbocycles. The topological polar surface area (TPSA) is 95.9 Å². The van der Waals surface area contributed by atoms with Crippen LogP contribution in [0.4, 0.5) is 0 Å². The summed E-state index contributed by atoms with van der Waals surface area (Å²) in [5.74, 6) is -0.0531. The lowest BCUT2D eigenvalue weighted by Gasteiger charge is -2.20. The molecule has 0 aliphatic carbocycles. The minimum atomic E-state index is -0.842. The number of unbranched alkanes of at least 4 members (excludes halogenated alkanes) is 56. The number of allylic oxidation sites excluding steroid dienone is 7. The second-order valence-electron chi connectivity index (χ2n) is 26.7. The van der Waals surface area contributed by atoms with Crippen molar-refractivity contribution < 1.29 is 24.5 Å². The highest BCUT2D eigenvalue weighted by Crippen LogP contribution is 2.19. The molecule has 0 bridgehead atoms. The molecule has 0 spiro atoms. The summed E-state index contributed by atoms with van der Waals surface area (Å²) in [4.78, 5) is 24.6. The number of rotatable bonds is 73. The number of carbonyl (C=O) groups excluding carboxylic acids is 2. The van der Waals surface area contributed by atoms with E-state index < -0.39 is 12.1 Å². The van der Waals surface area contributed by atoms with Crippen LogP contribution in [0.3, 0.4) is 0 Å². The fourth-order valence-electron chi connectivity index (χ4n) is 12.1. The van der Waals surface area contributed by atoms with E-state index in [-0.39, 0.29) is 18.5 Å². The van der Waals surface area contributed by atoms with Crippen molar-refractivity contribution in [2.45, 2.75) is 437 Å². The van der Waals surface area contributed by atoms with E-state index in [9.17, 15) is 19.8 Å². The van der Waals surface area contributed by atoms with Crippen molar-refractivity contribution in [3.63, 3.8) is 0 Å². The summed E-state index contributed by atoms with van der Waals surface area (Å²) >= 11 is 0. The Labute approximate surface area is 537 Å². The molecule has 0 saturated heterocycles. The standard InChI is InChI=1S/C80H151NO5/c1-3-5-7-9-11-13-15-17-19-45-48-52-56-60-64-68-72-78(83)77(76-82)81-79(84)73-69-65-61-57-53-49-46-43-41-39-37-35-33-31-29-27-25-23-21-20-22-24-26-28-30-32-34-36-38-40-42-44-47-51-55-59-63-67-71-75-86-80(85)74-70-66-62-58-54-50-18-16-14-12-10-8-6-4-2/h10,12,16,18,20-21,68,72,77-78,82-83H,3-9,11,13-15,17,19,22-67,69-71,73-76H2,1-2H3,(H,81,84)/b12-10-,18-16-,21-20-,72-68+. The maximum atomic E-state index is 12.5. The van der Waals surface area contributed by atoms with Gasteiger partial charge in [-0.05, 0) is 83.5 Å². The van der Waals surface area contributed by atoms with Crippen LogP contribution in [0.1, 0.15) is 425 Å². The number of nitrogens with one attached hydrogen (secondary N) is 1. The number of ether oxygens (including phenoxy) is 1. The molecule has 0 rings (SSSR count). The lowest BCUT2D eigenvalue weighted by Crippen LogP contribution is -2.45. The van der Waals surface area contributed by atoms with E-state index in [1.165, 1.54) is 347 Å². The van der Waals surface area contributed by atoms with E-state index in [1.54, 1.807) is 6.08 Å². The second-order valence-corrected chi connectivity index (χ2v) is 26.7. The summed E-state index contributed by atoms with van der Waals surface area (Å²) in [5.41, 5.74) is 0. The summed E-state index contributed by atoms with van der Waals surface area (Å²) in [7, 11) is 0. The van der Waals surface area contributed by atoms with Gasteiger partial charge in [-0.25, -0.2) is 0 Å². The number of amides is 1. The van der Waals surface area contributed by atoms with Gasteiger partial charge in [0.25, 0.3) is 0 Å². The van der Waals surface area contributed by atoms with Gasteiger partial charge < -0.3 is 20.3 Å². The summed E-state index contributed by atoms with van der Waals surface area (Å²) < 4.78 is 5.49. The van der Waals surface area contributed by atoms with Gasteiger partial charge in [0.05, 0.1) is 25.4 Å². The molecule has 506 valence electrons. The molecule has 0 aliphatic rings. The first-order valence-electron chi connectivity index (χ1n) is 38.9. The van der Waals surface area contributed by atoms with Crippen molar-refractivity contribution in [3.8, 4) is 0 Å². The van der Waals surface area contributed by atoms with Gasteiger partial charge in [0.2, 0.25) is 5.91 Å².